The predicted molar refractivity (Wildman–Crippen MR) is 132 cm³/mol. The summed E-state index contributed by atoms with van der Waals surface area (Å²) in [6.07, 6.45) is 3.44. The molecular formula is C26H18N6O2. The molecule has 6 aromatic rings. The third-order valence-corrected chi connectivity index (χ3v) is 5.42. The molecule has 0 saturated heterocycles. The van der Waals surface area contributed by atoms with Crippen LogP contribution in [-0.2, 0) is 0 Å². The average Bonchev–Trinajstić information content (AvgIpc) is 3.48. The minimum atomic E-state index is -0.461. The fourth-order valence-electron chi connectivity index (χ4n) is 3.80. The van der Waals surface area contributed by atoms with Crippen LogP contribution in [0.1, 0.15) is 5.56 Å². The molecule has 3 heterocycles. The first-order chi connectivity index (χ1) is 16.7. The Morgan fingerprint density at radius 2 is 1.76 bits per heavy atom. The number of nitrogens with one attached hydrogen (secondary N) is 2. The molecule has 34 heavy (non-hydrogen) atoms. The Balaban J connectivity index is 1.42. The van der Waals surface area contributed by atoms with Gasteiger partial charge >= 0.3 is 5.63 Å². The van der Waals surface area contributed by atoms with E-state index in [2.05, 4.69) is 20.5 Å². The Morgan fingerprint density at radius 1 is 0.971 bits per heavy atom. The molecule has 8 nitrogen and oxygen atoms in total. The molecule has 164 valence electrons. The third kappa shape index (κ3) is 3.63. The molecule has 0 spiro atoms. The molecule has 0 bridgehead atoms. The zero-order valence-electron chi connectivity index (χ0n) is 17.8. The van der Waals surface area contributed by atoms with Gasteiger partial charge in [-0.25, -0.2) is 19.9 Å². The number of hydrogen-bond acceptors (Lipinski definition) is 6. The monoisotopic (exact) mass is 446 g/mol. The van der Waals surface area contributed by atoms with Gasteiger partial charge in [-0.3, -0.25) is 0 Å². The second-order valence-corrected chi connectivity index (χ2v) is 7.67. The molecule has 8 heteroatoms. The van der Waals surface area contributed by atoms with Gasteiger partial charge in [0.1, 0.15) is 11.3 Å². The van der Waals surface area contributed by atoms with Gasteiger partial charge in [-0.15, -0.1) is 0 Å². The molecule has 6 rings (SSSR count). The van der Waals surface area contributed by atoms with Gasteiger partial charge in [0.05, 0.1) is 28.5 Å². The van der Waals surface area contributed by atoms with E-state index < -0.39 is 5.63 Å². The lowest BCUT2D eigenvalue weighted by Crippen LogP contribution is -2.05. The first-order valence-corrected chi connectivity index (χ1v) is 10.7. The van der Waals surface area contributed by atoms with E-state index in [1.807, 2.05) is 79.0 Å². The highest BCUT2D eigenvalue weighted by Gasteiger charge is 2.16. The Bertz CT molecular complexity index is 1680. The van der Waals surface area contributed by atoms with E-state index in [1.54, 1.807) is 23.0 Å². The number of benzene rings is 3. The van der Waals surface area contributed by atoms with E-state index in [0.717, 1.165) is 22.1 Å². The number of hydrogen-bond donors (Lipinski definition) is 2. The highest BCUT2D eigenvalue weighted by Crippen LogP contribution is 2.24. The molecule has 2 N–H and O–H groups in total. The molecule has 0 saturated carbocycles. The maximum Gasteiger partial charge on any atom is 0.345 e. The number of nitrogens with zero attached hydrogens (tertiary/aromatic N) is 4. The first kappa shape index (κ1) is 19.7. The van der Waals surface area contributed by atoms with Gasteiger partial charge < -0.3 is 9.40 Å². The lowest BCUT2D eigenvalue weighted by Gasteiger charge is -2.01. The van der Waals surface area contributed by atoms with Crippen LogP contribution in [0.15, 0.2) is 105 Å². The van der Waals surface area contributed by atoms with Gasteiger partial charge in [-0.1, -0.05) is 48.5 Å². The number of anilines is 1. The smallest absolute Gasteiger partial charge is 0.345 e. The van der Waals surface area contributed by atoms with Crippen LogP contribution in [0.4, 0.5) is 5.95 Å². The van der Waals surface area contributed by atoms with Gasteiger partial charge in [0.2, 0.25) is 5.95 Å². The van der Waals surface area contributed by atoms with Crippen LogP contribution in [0.25, 0.3) is 38.9 Å². The molecular weight excluding hydrogens is 428 g/mol. The van der Waals surface area contributed by atoms with Crippen molar-refractivity contribution in [2.24, 2.45) is 5.10 Å². The summed E-state index contributed by atoms with van der Waals surface area (Å²) in [5.74, 6) is 0.514. The van der Waals surface area contributed by atoms with Crippen molar-refractivity contribution < 1.29 is 4.42 Å². The Hall–Kier alpha value is -4.98. The van der Waals surface area contributed by atoms with Crippen LogP contribution < -0.4 is 11.1 Å². The van der Waals surface area contributed by atoms with Crippen LogP contribution in [0, 0.1) is 0 Å². The summed E-state index contributed by atoms with van der Waals surface area (Å²) in [4.78, 5) is 20.5. The van der Waals surface area contributed by atoms with Crippen LogP contribution >= 0.6 is 0 Å². The van der Waals surface area contributed by atoms with Crippen LogP contribution in [-0.4, -0.2) is 26.0 Å². The number of fused-ring (bicyclic) bond motifs is 2. The van der Waals surface area contributed by atoms with Gasteiger partial charge in [0.15, 0.2) is 0 Å². The van der Waals surface area contributed by atoms with E-state index in [0.29, 0.717) is 28.4 Å². The summed E-state index contributed by atoms with van der Waals surface area (Å²) in [7, 11) is 0. The predicted octanol–water partition coefficient (Wildman–Crippen LogP) is 4.97. The minimum absolute atomic E-state index is 0.360. The number of para-hydroxylation sites is 4. The normalized spacial score (nSPS) is 11.5. The summed E-state index contributed by atoms with van der Waals surface area (Å²) in [5, 5.41) is 9.84. The number of aromatic amines is 1. The van der Waals surface area contributed by atoms with Gasteiger partial charge in [0.25, 0.3) is 0 Å². The molecule has 0 atom stereocenters. The molecule has 0 aliphatic heterocycles. The maximum atomic E-state index is 12.8. The molecule has 0 aliphatic rings. The quantitative estimate of drug-likeness (QED) is 0.221. The van der Waals surface area contributed by atoms with Crippen molar-refractivity contribution in [2.45, 2.75) is 0 Å². The minimum Gasteiger partial charge on any atom is -0.422 e. The Morgan fingerprint density at radius 3 is 2.65 bits per heavy atom. The molecule has 3 aromatic carbocycles. The largest absolute Gasteiger partial charge is 0.422 e. The summed E-state index contributed by atoms with van der Waals surface area (Å²) in [6.45, 7) is 0. The third-order valence-electron chi connectivity index (χ3n) is 5.42. The van der Waals surface area contributed by atoms with Gasteiger partial charge in [0, 0.05) is 17.1 Å². The molecule has 0 fully saturated rings. The molecule has 0 aliphatic carbocycles. The summed E-state index contributed by atoms with van der Waals surface area (Å²) in [5.41, 5.74) is 7.07. The standard InChI is InChI=1S/C26H18N6O2/c33-25-20(14-17-8-4-7-13-23(17)34-25)24-18(16-32(31-24)19-9-2-1-3-10-19)15-27-30-26-28-21-11-5-6-12-22(21)29-26/h1-16H,(H2,28,29,30). The fraction of sp³-hybridized carbons (Fsp3) is 0. The zero-order chi connectivity index (χ0) is 22.9. The van der Waals surface area contributed by atoms with Crippen LogP contribution in [0.5, 0.6) is 0 Å². The number of aromatic nitrogens is 4. The molecule has 0 radical (unpaired) electrons. The van der Waals surface area contributed by atoms with Crippen molar-refractivity contribution in [3.63, 3.8) is 0 Å². The van der Waals surface area contributed by atoms with E-state index in [-0.39, 0.29) is 0 Å². The van der Waals surface area contributed by atoms with Crippen molar-refractivity contribution >= 4 is 34.2 Å². The Kier molecular flexibility index (Phi) is 4.73. The lowest BCUT2D eigenvalue weighted by molar-refractivity contribution is 0.563. The van der Waals surface area contributed by atoms with Gasteiger partial charge in [-0.05, 0) is 36.4 Å². The highest BCUT2D eigenvalue weighted by molar-refractivity contribution is 5.91. The maximum absolute atomic E-state index is 12.8. The van der Waals surface area contributed by atoms with Crippen molar-refractivity contribution in [3.8, 4) is 16.9 Å². The van der Waals surface area contributed by atoms with E-state index in [1.165, 1.54) is 0 Å². The van der Waals surface area contributed by atoms with E-state index in [9.17, 15) is 4.79 Å². The van der Waals surface area contributed by atoms with Crippen LogP contribution in [0.2, 0.25) is 0 Å². The van der Waals surface area contributed by atoms with Crippen molar-refractivity contribution in [1.29, 1.82) is 0 Å². The van der Waals surface area contributed by atoms with Crippen molar-refractivity contribution in [3.05, 3.63) is 107 Å². The fourth-order valence-corrected chi connectivity index (χ4v) is 3.80. The number of H-pyrrole nitrogens is 1. The number of imidazole rings is 1. The Labute approximate surface area is 193 Å². The van der Waals surface area contributed by atoms with E-state index in [4.69, 9.17) is 9.52 Å². The second-order valence-electron chi connectivity index (χ2n) is 7.67. The van der Waals surface area contributed by atoms with E-state index >= 15 is 0 Å². The number of hydrazone groups is 1. The SMILES string of the molecule is O=c1oc2ccccc2cc1-c1nn(-c2ccccc2)cc1C=NNc1nc2ccccc2[nH]1. The molecule has 0 unspecified atom stereocenters. The van der Waals surface area contributed by atoms with Crippen LogP contribution in [0.3, 0.4) is 0 Å². The first-order valence-electron chi connectivity index (χ1n) is 10.7. The second kappa shape index (κ2) is 8.18. The average molecular weight is 446 g/mol. The van der Waals surface area contributed by atoms with Gasteiger partial charge in [-0.2, -0.15) is 10.2 Å². The molecule has 3 aromatic heterocycles. The highest BCUT2D eigenvalue weighted by atomic mass is 16.4. The molecule has 0 amide bonds. The summed E-state index contributed by atoms with van der Waals surface area (Å²) < 4.78 is 7.26. The summed E-state index contributed by atoms with van der Waals surface area (Å²) in [6, 6.07) is 26.6. The lowest BCUT2D eigenvalue weighted by atomic mass is 10.1. The van der Waals surface area contributed by atoms with Crippen molar-refractivity contribution in [2.75, 3.05) is 5.43 Å². The van der Waals surface area contributed by atoms with Crippen molar-refractivity contribution in [1.82, 2.24) is 19.7 Å². The zero-order valence-corrected chi connectivity index (χ0v) is 17.8. The summed E-state index contributed by atoms with van der Waals surface area (Å²) >= 11 is 0. The number of rotatable bonds is 5. The topological polar surface area (TPSA) is 101 Å².